The lowest BCUT2D eigenvalue weighted by Crippen LogP contribution is -2.41. The fraction of sp³-hybridized carbons (Fsp3) is 0.0625. The van der Waals surface area contributed by atoms with Crippen LogP contribution in [0.3, 0.4) is 0 Å². The molecule has 0 fully saturated rings. The first-order chi connectivity index (χ1) is 11.4. The third-order valence-electron chi connectivity index (χ3n) is 2.84. The number of aromatic nitrogens is 1. The summed E-state index contributed by atoms with van der Waals surface area (Å²) in [5.74, 6) is -1.31. The van der Waals surface area contributed by atoms with Crippen molar-refractivity contribution in [3.05, 3.63) is 71.6 Å². The van der Waals surface area contributed by atoms with Crippen molar-refractivity contribution in [2.75, 3.05) is 0 Å². The van der Waals surface area contributed by atoms with E-state index in [1.54, 1.807) is 12.1 Å². The number of benzene rings is 1. The number of carbonyl (C=O) groups excluding carboxylic acids is 2. The summed E-state index contributed by atoms with van der Waals surface area (Å²) in [7, 11) is 0. The molecule has 2 N–H and O–H groups in total. The van der Waals surface area contributed by atoms with Crippen molar-refractivity contribution < 1.29 is 22.8 Å². The topological polar surface area (TPSA) is 71.1 Å². The lowest BCUT2D eigenvalue weighted by Gasteiger charge is -2.07. The molecular weight excluding hydrogens is 323 g/mol. The number of pyridine rings is 1. The lowest BCUT2D eigenvalue weighted by atomic mass is 10.1. The smallest absolute Gasteiger partial charge is 0.268 e. The summed E-state index contributed by atoms with van der Waals surface area (Å²) >= 11 is 0. The van der Waals surface area contributed by atoms with E-state index in [1.165, 1.54) is 30.5 Å². The molecule has 2 aromatic rings. The van der Waals surface area contributed by atoms with Gasteiger partial charge in [-0.25, -0.2) is 0 Å². The zero-order valence-electron chi connectivity index (χ0n) is 12.2. The van der Waals surface area contributed by atoms with Gasteiger partial charge in [0.05, 0.1) is 5.56 Å². The number of amides is 2. The molecule has 0 aliphatic heterocycles. The summed E-state index contributed by atoms with van der Waals surface area (Å²) in [5.41, 5.74) is 3.75. The van der Waals surface area contributed by atoms with Crippen molar-refractivity contribution in [3.8, 4) is 0 Å². The number of nitrogens with one attached hydrogen (secondary N) is 2. The van der Waals surface area contributed by atoms with Crippen molar-refractivity contribution in [3.63, 3.8) is 0 Å². The van der Waals surface area contributed by atoms with Gasteiger partial charge in [-0.1, -0.05) is 18.2 Å². The summed E-state index contributed by atoms with van der Waals surface area (Å²) in [6.07, 6.45) is -0.821. The Bertz CT molecular complexity index is 759. The molecule has 5 nitrogen and oxygen atoms in total. The highest BCUT2D eigenvalue weighted by Crippen LogP contribution is 2.29. The highest BCUT2D eigenvalue weighted by atomic mass is 19.4. The number of hydrazine groups is 1. The van der Waals surface area contributed by atoms with Gasteiger partial charge in [0.1, 0.15) is 5.69 Å². The monoisotopic (exact) mass is 335 g/mol. The Morgan fingerprint density at radius 2 is 1.83 bits per heavy atom. The number of carbonyl (C=O) groups is 2. The van der Waals surface area contributed by atoms with E-state index >= 15 is 0 Å². The van der Waals surface area contributed by atoms with Gasteiger partial charge in [-0.15, -0.1) is 0 Å². The predicted molar refractivity (Wildman–Crippen MR) is 80.3 cm³/mol. The molecule has 0 radical (unpaired) electrons. The van der Waals surface area contributed by atoms with Crippen LogP contribution in [0.15, 0.2) is 54.7 Å². The summed E-state index contributed by atoms with van der Waals surface area (Å²) in [6, 6.07) is 9.21. The minimum absolute atomic E-state index is 0.111. The van der Waals surface area contributed by atoms with Gasteiger partial charge in [0.25, 0.3) is 11.8 Å². The molecule has 0 saturated carbocycles. The van der Waals surface area contributed by atoms with E-state index in [-0.39, 0.29) is 11.3 Å². The standard InChI is InChI=1S/C16H12F3N3O2/c17-16(18,19)12-5-3-4-11(10-12)7-8-14(23)21-22-15(24)13-6-1-2-9-20-13/h1-10H,(H,21,23)(H,22,24)/b8-7+. The van der Waals surface area contributed by atoms with Crippen LogP contribution in [-0.2, 0) is 11.0 Å². The van der Waals surface area contributed by atoms with E-state index in [4.69, 9.17) is 0 Å². The SMILES string of the molecule is O=C(/C=C/c1cccc(C(F)(F)F)c1)NNC(=O)c1ccccn1. The lowest BCUT2D eigenvalue weighted by molar-refractivity contribution is -0.137. The number of alkyl halides is 3. The molecule has 0 spiro atoms. The molecule has 1 aromatic heterocycles. The highest BCUT2D eigenvalue weighted by molar-refractivity contribution is 5.96. The second-order valence-corrected chi connectivity index (χ2v) is 4.61. The molecule has 0 aliphatic rings. The maximum atomic E-state index is 12.6. The molecule has 124 valence electrons. The Balaban J connectivity index is 1.93. The van der Waals surface area contributed by atoms with Gasteiger partial charge >= 0.3 is 6.18 Å². The molecule has 1 heterocycles. The van der Waals surface area contributed by atoms with E-state index < -0.39 is 23.6 Å². The van der Waals surface area contributed by atoms with Crippen LogP contribution in [0.2, 0.25) is 0 Å². The van der Waals surface area contributed by atoms with Crippen LogP contribution in [0.4, 0.5) is 13.2 Å². The van der Waals surface area contributed by atoms with Gasteiger partial charge in [0.2, 0.25) is 0 Å². The molecule has 1 aromatic carbocycles. The van der Waals surface area contributed by atoms with Crippen molar-refractivity contribution in [1.29, 1.82) is 0 Å². The Labute approximate surface area is 135 Å². The maximum Gasteiger partial charge on any atom is 0.416 e. The minimum Gasteiger partial charge on any atom is -0.268 e. The number of halogens is 3. The average Bonchev–Trinajstić information content (AvgIpc) is 2.58. The second kappa shape index (κ2) is 7.40. The van der Waals surface area contributed by atoms with Crippen molar-refractivity contribution >= 4 is 17.9 Å². The molecule has 8 heteroatoms. The van der Waals surface area contributed by atoms with Crippen LogP contribution in [0, 0.1) is 0 Å². The largest absolute Gasteiger partial charge is 0.416 e. The molecule has 0 unspecified atom stereocenters. The van der Waals surface area contributed by atoms with Crippen LogP contribution >= 0.6 is 0 Å². The Kier molecular flexibility index (Phi) is 5.31. The first-order valence-electron chi connectivity index (χ1n) is 6.73. The average molecular weight is 335 g/mol. The van der Waals surface area contributed by atoms with E-state index in [9.17, 15) is 22.8 Å². The van der Waals surface area contributed by atoms with Crippen LogP contribution in [-0.4, -0.2) is 16.8 Å². The van der Waals surface area contributed by atoms with E-state index in [1.807, 2.05) is 0 Å². The summed E-state index contributed by atoms with van der Waals surface area (Å²) < 4.78 is 37.7. The van der Waals surface area contributed by atoms with Crippen molar-refractivity contribution in [2.45, 2.75) is 6.18 Å². The van der Waals surface area contributed by atoms with Crippen LogP contribution in [0.5, 0.6) is 0 Å². The number of rotatable bonds is 3. The van der Waals surface area contributed by atoms with Gasteiger partial charge in [-0.2, -0.15) is 13.2 Å². The summed E-state index contributed by atoms with van der Waals surface area (Å²) in [4.78, 5) is 27.0. The first kappa shape index (κ1) is 17.2. The number of hydrogen-bond donors (Lipinski definition) is 2. The van der Waals surface area contributed by atoms with E-state index in [2.05, 4.69) is 15.8 Å². The normalized spacial score (nSPS) is 11.3. The van der Waals surface area contributed by atoms with Crippen molar-refractivity contribution in [1.82, 2.24) is 15.8 Å². The first-order valence-corrected chi connectivity index (χ1v) is 6.73. The highest BCUT2D eigenvalue weighted by Gasteiger charge is 2.30. The molecule has 0 aliphatic carbocycles. The molecule has 0 saturated heterocycles. The third kappa shape index (κ3) is 4.94. The van der Waals surface area contributed by atoms with Crippen molar-refractivity contribution in [2.24, 2.45) is 0 Å². The zero-order valence-corrected chi connectivity index (χ0v) is 12.2. The number of hydrogen-bond acceptors (Lipinski definition) is 3. The van der Waals surface area contributed by atoms with E-state index in [0.717, 1.165) is 18.2 Å². The molecule has 2 rings (SSSR count). The van der Waals surface area contributed by atoms with Gasteiger partial charge in [0.15, 0.2) is 0 Å². The molecular formula is C16H12F3N3O2. The second-order valence-electron chi connectivity index (χ2n) is 4.61. The molecule has 2 amide bonds. The summed E-state index contributed by atoms with van der Waals surface area (Å²) in [6.45, 7) is 0. The molecule has 0 bridgehead atoms. The quantitative estimate of drug-likeness (QED) is 0.669. The Morgan fingerprint density at radius 3 is 2.50 bits per heavy atom. The predicted octanol–water partition coefficient (Wildman–Crippen LogP) is 2.57. The third-order valence-corrected chi connectivity index (χ3v) is 2.84. The maximum absolute atomic E-state index is 12.6. The Morgan fingerprint density at radius 1 is 1.04 bits per heavy atom. The van der Waals surface area contributed by atoms with Gasteiger partial charge < -0.3 is 0 Å². The van der Waals surface area contributed by atoms with Crippen LogP contribution in [0.1, 0.15) is 21.6 Å². The zero-order chi connectivity index (χ0) is 17.6. The fourth-order valence-corrected chi connectivity index (χ4v) is 1.71. The van der Waals surface area contributed by atoms with Crippen LogP contribution in [0.25, 0.3) is 6.08 Å². The van der Waals surface area contributed by atoms with Gasteiger partial charge in [0, 0.05) is 12.3 Å². The van der Waals surface area contributed by atoms with Gasteiger partial charge in [-0.05, 0) is 35.9 Å². The minimum atomic E-state index is -4.46. The van der Waals surface area contributed by atoms with E-state index in [0.29, 0.717) is 0 Å². The molecule has 24 heavy (non-hydrogen) atoms. The summed E-state index contributed by atoms with van der Waals surface area (Å²) in [5, 5.41) is 0. The Hall–Kier alpha value is -3.16. The van der Waals surface area contributed by atoms with Gasteiger partial charge in [-0.3, -0.25) is 25.4 Å². The molecule has 0 atom stereocenters. The van der Waals surface area contributed by atoms with Crippen LogP contribution < -0.4 is 10.9 Å². The number of nitrogens with zero attached hydrogens (tertiary/aromatic N) is 1. The fourth-order valence-electron chi connectivity index (χ4n) is 1.71.